The van der Waals surface area contributed by atoms with E-state index in [-0.39, 0.29) is 5.41 Å². The van der Waals surface area contributed by atoms with Crippen molar-refractivity contribution in [3.05, 3.63) is 240 Å². The van der Waals surface area contributed by atoms with Crippen molar-refractivity contribution in [2.75, 3.05) is 28.4 Å². The summed E-state index contributed by atoms with van der Waals surface area (Å²) in [6.07, 6.45) is 0. The summed E-state index contributed by atoms with van der Waals surface area (Å²) < 4.78 is 21.3. The summed E-state index contributed by atoms with van der Waals surface area (Å²) in [6, 6.07) is 71.2. The Morgan fingerprint density at radius 3 is 1.03 bits per heavy atom. The molecule has 4 nitrogen and oxygen atoms in total. The first kappa shape index (κ1) is 49.1. The fraction of sp³-hybridized carbons (Fsp3) is 0.169. The Bertz CT molecular complexity index is 3060. The lowest BCUT2D eigenvalue weighted by atomic mass is 9.82. The third kappa shape index (κ3) is 11.3. The number of benzene rings is 10. The molecule has 0 unspecified atom stereocenters. The maximum Gasteiger partial charge on any atom is 0.127 e. The molecule has 4 heteroatoms. The van der Waals surface area contributed by atoms with Gasteiger partial charge in [0.2, 0.25) is 0 Å². The van der Waals surface area contributed by atoms with E-state index in [1.165, 1.54) is 66.1 Å². The van der Waals surface area contributed by atoms with Crippen LogP contribution in [0.4, 0.5) is 0 Å². The fourth-order valence-corrected chi connectivity index (χ4v) is 9.00. The maximum absolute atomic E-state index is 5.70. The average molecular weight is 909 g/mol. The fourth-order valence-electron chi connectivity index (χ4n) is 9.00. The van der Waals surface area contributed by atoms with Crippen molar-refractivity contribution in [1.82, 2.24) is 0 Å². The number of rotatable bonds is 5. The average Bonchev–Trinajstić information content (AvgIpc) is 3.63. The van der Waals surface area contributed by atoms with Gasteiger partial charge in [-0.3, -0.25) is 0 Å². The third-order valence-electron chi connectivity index (χ3n) is 12.8. The Hall–Kier alpha value is -7.82. The number of methoxy groups -OCH3 is 4. The molecule has 0 N–H and O–H groups in total. The molecule has 10 aromatic carbocycles. The Morgan fingerprint density at radius 1 is 0.304 bits per heavy atom. The molecule has 0 bridgehead atoms. The molecular weight excluding hydrogens is 845 g/mol. The van der Waals surface area contributed by atoms with Crippen molar-refractivity contribution in [2.45, 2.75) is 47.0 Å². The lowest BCUT2D eigenvalue weighted by molar-refractivity contribution is 0.403. The van der Waals surface area contributed by atoms with Gasteiger partial charge in [0.05, 0.1) is 28.4 Å². The van der Waals surface area contributed by atoms with Crippen molar-refractivity contribution in [3.8, 4) is 45.3 Å². The van der Waals surface area contributed by atoms with Gasteiger partial charge in [0, 0.05) is 16.5 Å². The quantitative estimate of drug-likeness (QED) is 0.172. The lowest BCUT2D eigenvalue weighted by Gasteiger charge is -2.20. The molecule has 348 valence electrons. The number of fused-ring (bicyclic) bond motifs is 6. The molecule has 0 spiro atoms. The zero-order valence-corrected chi connectivity index (χ0v) is 41.8. The van der Waals surface area contributed by atoms with E-state index < -0.39 is 0 Å². The molecule has 1 aliphatic carbocycles. The first-order valence-corrected chi connectivity index (χ1v) is 23.5. The van der Waals surface area contributed by atoms with Gasteiger partial charge in [0.15, 0.2) is 0 Å². The molecule has 0 aromatic heterocycles. The molecule has 0 radical (unpaired) electrons. The lowest BCUT2D eigenvalue weighted by Crippen LogP contribution is -2.14. The van der Waals surface area contributed by atoms with Gasteiger partial charge in [-0.2, -0.15) is 0 Å². The summed E-state index contributed by atoms with van der Waals surface area (Å²) >= 11 is 0. The van der Waals surface area contributed by atoms with Crippen LogP contribution in [0.3, 0.4) is 0 Å². The van der Waals surface area contributed by atoms with Crippen LogP contribution in [0.25, 0.3) is 54.6 Å². The predicted molar refractivity (Wildman–Crippen MR) is 293 cm³/mol. The van der Waals surface area contributed by atoms with E-state index in [4.69, 9.17) is 18.9 Å². The summed E-state index contributed by atoms with van der Waals surface area (Å²) in [5.41, 5.74) is 13.4. The molecule has 0 aliphatic heterocycles. The van der Waals surface area contributed by atoms with Gasteiger partial charge in [-0.15, -0.1) is 0 Å². The molecule has 0 saturated heterocycles. The molecule has 0 fully saturated rings. The minimum absolute atomic E-state index is 0.160. The first-order chi connectivity index (χ1) is 33.5. The highest BCUT2D eigenvalue weighted by atomic mass is 16.5. The Labute approximate surface area is 409 Å². The standard InChI is InChI=1S/C22H18O2.C15H14.C12H12.C8H10O2.C8H10/c1-23-19-13-11-15-7-3-5-9-17(15)21(19)22-18-10-6-4-8-16(18)12-14-20(22)24-2;1-15(2)13-9-5-3-7-11(13)12-8-4-6-10-14(12)15;1-9-5-3-8-12-10(2)6-4-7-11(9)12;1-9-7-3-5-8(10-2)6-4-7;1-7-3-5-8(2)6-4-7/h3-14H,1-2H3;3-10H,1-2H3;3-8H,1-2H3;3-6H,1-2H3;3-6H,1-2H3. The Kier molecular flexibility index (Phi) is 16.2. The van der Waals surface area contributed by atoms with Crippen molar-refractivity contribution >= 4 is 32.3 Å². The molecule has 10 aromatic rings. The third-order valence-corrected chi connectivity index (χ3v) is 12.8. The second-order valence-electron chi connectivity index (χ2n) is 17.7. The Morgan fingerprint density at radius 2 is 0.652 bits per heavy atom. The summed E-state index contributed by atoms with van der Waals surface area (Å²) in [7, 11) is 6.71. The van der Waals surface area contributed by atoms with Gasteiger partial charge in [-0.1, -0.05) is 195 Å². The van der Waals surface area contributed by atoms with Gasteiger partial charge in [0.1, 0.15) is 23.0 Å². The van der Waals surface area contributed by atoms with Crippen LogP contribution in [0.5, 0.6) is 23.0 Å². The minimum Gasteiger partial charge on any atom is -0.497 e. The number of ether oxygens (including phenoxy) is 4. The zero-order valence-electron chi connectivity index (χ0n) is 41.8. The van der Waals surface area contributed by atoms with Gasteiger partial charge >= 0.3 is 0 Å². The Balaban J connectivity index is 0.000000135. The van der Waals surface area contributed by atoms with Crippen molar-refractivity contribution in [3.63, 3.8) is 0 Å². The van der Waals surface area contributed by atoms with Crippen LogP contribution in [-0.4, -0.2) is 28.4 Å². The van der Waals surface area contributed by atoms with E-state index in [9.17, 15) is 0 Å². The van der Waals surface area contributed by atoms with Crippen LogP contribution >= 0.6 is 0 Å². The highest BCUT2D eigenvalue weighted by Gasteiger charge is 2.34. The van der Waals surface area contributed by atoms with E-state index in [0.717, 1.165) is 44.9 Å². The molecule has 0 atom stereocenters. The second-order valence-corrected chi connectivity index (χ2v) is 17.7. The van der Waals surface area contributed by atoms with E-state index in [1.807, 2.05) is 36.4 Å². The van der Waals surface area contributed by atoms with E-state index in [0.29, 0.717) is 0 Å². The summed E-state index contributed by atoms with van der Waals surface area (Å²) in [5, 5.41) is 7.43. The monoisotopic (exact) mass is 908 g/mol. The van der Waals surface area contributed by atoms with Crippen LogP contribution < -0.4 is 18.9 Å². The molecular formula is C65H64O4. The largest absolute Gasteiger partial charge is 0.497 e. The predicted octanol–water partition coefficient (Wildman–Crippen LogP) is 17.1. The number of aryl methyl sites for hydroxylation is 4. The van der Waals surface area contributed by atoms with Crippen molar-refractivity contribution < 1.29 is 18.9 Å². The van der Waals surface area contributed by atoms with Gasteiger partial charge in [-0.25, -0.2) is 0 Å². The van der Waals surface area contributed by atoms with Gasteiger partial charge in [-0.05, 0) is 130 Å². The normalized spacial score (nSPS) is 11.4. The summed E-state index contributed by atoms with van der Waals surface area (Å²) in [6.45, 7) is 13.1. The molecule has 1 aliphatic rings. The van der Waals surface area contributed by atoms with E-state index in [2.05, 4.69) is 211 Å². The van der Waals surface area contributed by atoms with Gasteiger partial charge < -0.3 is 18.9 Å². The SMILES string of the molecule is CC1(C)c2ccccc2-c2ccccc21.COc1ccc(OC)cc1.COc1ccc2ccccc2c1-c1c(OC)ccc2ccccc12.Cc1ccc(C)cc1.Cc1cccc2c(C)cccc12. The summed E-state index contributed by atoms with van der Waals surface area (Å²) in [4.78, 5) is 0. The second kappa shape index (κ2) is 22.8. The first-order valence-electron chi connectivity index (χ1n) is 23.5. The number of hydrogen-bond donors (Lipinski definition) is 0. The highest BCUT2D eigenvalue weighted by Crippen LogP contribution is 2.48. The zero-order chi connectivity index (χ0) is 48.9. The van der Waals surface area contributed by atoms with E-state index >= 15 is 0 Å². The van der Waals surface area contributed by atoms with Crippen LogP contribution in [0.1, 0.15) is 47.2 Å². The molecule has 69 heavy (non-hydrogen) atoms. The molecule has 0 amide bonds. The van der Waals surface area contributed by atoms with Crippen LogP contribution in [0, 0.1) is 27.7 Å². The topological polar surface area (TPSA) is 36.9 Å². The van der Waals surface area contributed by atoms with Crippen LogP contribution in [0.2, 0.25) is 0 Å². The minimum atomic E-state index is 0.160. The van der Waals surface area contributed by atoms with Crippen molar-refractivity contribution in [1.29, 1.82) is 0 Å². The summed E-state index contributed by atoms with van der Waals surface area (Å²) in [5.74, 6) is 3.40. The van der Waals surface area contributed by atoms with Crippen LogP contribution in [0.15, 0.2) is 206 Å². The number of hydrogen-bond acceptors (Lipinski definition) is 4. The van der Waals surface area contributed by atoms with E-state index in [1.54, 1.807) is 28.4 Å². The molecule has 0 heterocycles. The van der Waals surface area contributed by atoms with Gasteiger partial charge in [0.25, 0.3) is 0 Å². The van der Waals surface area contributed by atoms with Crippen molar-refractivity contribution in [2.24, 2.45) is 0 Å². The highest BCUT2D eigenvalue weighted by molar-refractivity contribution is 6.09. The molecule has 0 saturated carbocycles. The van der Waals surface area contributed by atoms with Crippen LogP contribution in [-0.2, 0) is 5.41 Å². The molecule has 11 rings (SSSR count). The maximum atomic E-state index is 5.70. The smallest absolute Gasteiger partial charge is 0.127 e.